The lowest BCUT2D eigenvalue weighted by atomic mass is 9.76. The van der Waals surface area contributed by atoms with Gasteiger partial charge < -0.3 is 9.53 Å². The van der Waals surface area contributed by atoms with Gasteiger partial charge in [0.05, 0.1) is 17.8 Å². The molecule has 3 rings (SSSR count). The quantitative estimate of drug-likeness (QED) is 0.0718. The van der Waals surface area contributed by atoms with Crippen LogP contribution in [0.3, 0.4) is 0 Å². The molecule has 0 fully saturated rings. The SMILES string of the molecule is C\C=C/C(=C\C=C\OCSC)C[C@H](C=O)NC(c1ccccc1)(c1ccccc1)c1ccccc1. The Morgan fingerprint density at radius 2 is 1.43 bits per heavy atom. The Bertz CT molecular complexity index is 1010. The van der Waals surface area contributed by atoms with Crippen molar-refractivity contribution in [2.75, 3.05) is 12.2 Å². The third kappa shape index (κ3) is 7.08. The molecule has 0 amide bonds. The van der Waals surface area contributed by atoms with E-state index in [4.69, 9.17) is 4.74 Å². The molecule has 0 spiro atoms. The van der Waals surface area contributed by atoms with E-state index < -0.39 is 11.6 Å². The van der Waals surface area contributed by atoms with Gasteiger partial charge in [-0.25, -0.2) is 0 Å². The molecule has 0 aliphatic rings. The van der Waals surface area contributed by atoms with Crippen LogP contribution < -0.4 is 5.32 Å². The highest BCUT2D eigenvalue weighted by Crippen LogP contribution is 2.37. The van der Waals surface area contributed by atoms with E-state index in [1.165, 1.54) is 0 Å². The lowest BCUT2D eigenvalue weighted by molar-refractivity contribution is -0.109. The van der Waals surface area contributed by atoms with E-state index in [1.807, 2.05) is 92.1 Å². The number of aldehydes is 1. The van der Waals surface area contributed by atoms with Crippen LogP contribution in [0.4, 0.5) is 0 Å². The maximum Gasteiger partial charge on any atom is 0.137 e. The number of ether oxygens (including phenoxy) is 1. The van der Waals surface area contributed by atoms with E-state index in [1.54, 1.807) is 18.0 Å². The van der Waals surface area contributed by atoms with Gasteiger partial charge in [-0.3, -0.25) is 5.32 Å². The summed E-state index contributed by atoms with van der Waals surface area (Å²) in [5.41, 5.74) is 3.56. The summed E-state index contributed by atoms with van der Waals surface area (Å²) < 4.78 is 5.43. The molecule has 0 heterocycles. The maximum atomic E-state index is 12.5. The van der Waals surface area contributed by atoms with Gasteiger partial charge in [-0.05, 0) is 47.9 Å². The molecular weight excluding hydrogens is 450 g/mol. The number of rotatable bonds is 13. The van der Waals surface area contributed by atoms with E-state index in [-0.39, 0.29) is 0 Å². The fourth-order valence-electron chi connectivity index (χ4n) is 4.21. The molecule has 0 aromatic heterocycles. The summed E-state index contributed by atoms with van der Waals surface area (Å²) in [5, 5.41) is 3.76. The Balaban J connectivity index is 2.06. The summed E-state index contributed by atoms with van der Waals surface area (Å²) in [6.07, 6.45) is 13.1. The van der Waals surface area contributed by atoms with Gasteiger partial charge in [-0.2, -0.15) is 0 Å². The maximum absolute atomic E-state index is 12.5. The molecule has 3 aromatic carbocycles. The minimum absolute atomic E-state index is 0.432. The standard InChI is InChI=1S/C31H33NO2S/c1-3-14-26(15-13-22-34-25-35-2)23-30(24-33)32-31(27-16-7-4-8-17-27,28-18-9-5-10-19-28)29-20-11-6-12-21-29/h3-22,24,30,32H,23,25H2,1-2H3/b14-3-,22-13+,26-15+/t30-/m1/s1. The highest BCUT2D eigenvalue weighted by atomic mass is 32.2. The second kappa shape index (κ2) is 14.1. The van der Waals surface area contributed by atoms with Gasteiger partial charge in [0, 0.05) is 0 Å². The van der Waals surface area contributed by atoms with Crippen molar-refractivity contribution in [3.63, 3.8) is 0 Å². The third-order valence-corrected chi connectivity index (χ3v) is 6.07. The van der Waals surface area contributed by atoms with Gasteiger partial charge in [0.2, 0.25) is 0 Å². The van der Waals surface area contributed by atoms with Gasteiger partial charge in [-0.15, -0.1) is 11.8 Å². The van der Waals surface area contributed by atoms with E-state index >= 15 is 0 Å². The van der Waals surface area contributed by atoms with E-state index in [0.29, 0.717) is 12.4 Å². The monoisotopic (exact) mass is 483 g/mol. The van der Waals surface area contributed by atoms with Crippen molar-refractivity contribution in [1.82, 2.24) is 5.32 Å². The van der Waals surface area contributed by atoms with Crippen molar-refractivity contribution in [2.45, 2.75) is 24.9 Å². The molecule has 1 atom stereocenters. The smallest absolute Gasteiger partial charge is 0.137 e. The van der Waals surface area contributed by atoms with Crippen LogP contribution in [-0.2, 0) is 15.1 Å². The van der Waals surface area contributed by atoms with Gasteiger partial charge in [-0.1, -0.05) is 109 Å². The minimum Gasteiger partial charge on any atom is -0.491 e. The first-order valence-electron chi connectivity index (χ1n) is 11.7. The predicted octanol–water partition coefficient (Wildman–Crippen LogP) is 6.88. The molecule has 0 saturated heterocycles. The van der Waals surface area contributed by atoms with E-state index in [2.05, 4.69) is 41.7 Å². The lowest BCUT2D eigenvalue weighted by Gasteiger charge is -2.39. The first-order valence-corrected chi connectivity index (χ1v) is 13.1. The number of carbonyl (C=O) groups is 1. The number of hydrogen-bond donors (Lipinski definition) is 1. The number of carbonyl (C=O) groups excluding carboxylic acids is 1. The van der Waals surface area contributed by atoms with Crippen LogP contribution in [0.5, 0.6) is 0 Å². The summed E-state index contributed by atoms with van der Waals surface area (Å²) >= 11 is 1.62. The number of thioether (sulfide) groups is 1. The number of benzene rings is 3. The second-order valence-corrected chi connectivity index (χ2v) is 8.90. The summed E-state index contributed by atoms with van der Waals surface area (Å²) in [7, 11) is 0. The highest BCUT2D eigenvalue weighted by molar-refractivity contribution is 7.98. The molecule has 0 aliphatic heterocycles. The minimum atomic E-state index is -0.701. The van der Waals surface area contributed by atoms with Crippen LogP contribution in [0.15, 0.2) is 127 Å². The Morgan fingerprint density at radius 1 is 0.914 bits per heavy atom. The molecule has 0 saturated carbocycles. The normalized spacial score (nSPS) is 13.3. The molecule has 35 heavy (non-hydrogen) atoms. The molecule has 0 unspecified atom stereocenters. The van der Waals surface area contributed by atoms with Crippen molar-refractivity contribution in [2.24, 2.45) is 0 Å². The summed E-state index contributed by atoms with van der Waals surface area (Å²) in [4.78, 5) is 12.5. The summed E-state index contributed by atoms with van der Waals surface area (Å²) in [5.74, 6) is 0.607. The van der Waals surface area contributed by atoms with Crippen LogP contribution >= 0.6 is 11.8 Å². The molecule has 1 N–H and O–H groups in total. The zero-order valence-electron chi connectivity index (χ0n) is 20.3. The molecule has 4 heteroatoms. The van der Waals surface area contributed by atoms with Crippen molar-refractivity contribution >= 4 is 18.0 Å². The summed E-state index contributed by atoms with van der Waals surface area (Å²) in [6.45, 7) is 1.98. The molecule has 3 nitrogen and oxygen atoms in total. The Labute approximate surface area is 213 Å². The molecule has 3 aromatic rings. The zero-order valence-corrected chi connectivity index (χ0v) is 21.2. The van der Waals surface area contributed by atoms with Crippen LogP contribution in [0.25, 0.3) is 0 Å². The molecular formula is C31H33NO2S. The Hall–Kier alpha value is -3.34. The topological polar surface area (TPSA) is 38.3 Å². The average Bonchev–Trinajstić information content (AvgIpc) is 2.92. The second-order valence-electron chi connectivity index (χ2n) is 8.08. The van der Waals surface area contributed by atoms with Crippen molar-refractivity contribution < 1.29 is 9.53 Å². The van der Waals surface area contributed by atoms with Gasteiger partial charge in [0.25, 0.3) is 0 Å². The average molecular weight is 484 g/mol. The van der Waals surface area contributed by atoms with Crippen molar-refractivity contribution in [3.05, 3.63) is 144 Å². The van der Waals surface area contributed by atoms with E-state index in [9.17, 15) is 4.79 Å². The third-order valence-electron chi connectivity index (χ3n) is 5.69. The van der Waals surface area contributed by atoms with Crippen molar-refractivity contribution in [3.8, 4) is 0 Å². The van der Waals surface area contributed by atoms with Crippen LogP contribution in [0.1, 0.15) is 30.0 Å². The predicted molar refractivity (Wildman–Crippen MR) is 148 cm³/mol. The highest BCUT2D eigenvalue weighted by Gasteiger charge is 2.38. The Kier molecular flexibility index (Phi) is 10.6. The largest absolute Gasteiger partial charge is 0.491 e. The fraction of sp³-hybridized carbons (Fsp3) is 0.194. The lowest BCUT2D eigenvalue weighted by Crippen LogP contribution is -2.50. The van der Waals surface area contributed by atoms with Crippen LogP contribution in [0.2, 0.25) is 0 Å². The zero-order chi connectivity index (χ0) is 24.8. The van der Waals surface area contributed by atoms with Crippen LogP contribution in [0, 0.1) is 0 Å². The first kappa shape index (κ1) is 26.3. The van der Waals surface area contributed by atoms with Gasteiger partial charge in [0.1, 0.15) is 12.2 Å². The number of hydrogen-bond acceptors (Lipinski definition) is 4. The van der Waals surface area contributed by atoms with Gasteiger partial charge in [0.15, 0.2) is 0 Å². The molecule has 0 bridgehead atoms. The number of nitrogens with one attached hydrogen (secondary N) is 1. The van der Waals surface area contributed by atoms with Crippen LogP contribution in [-0.4, -0.2) is 24.5 Å². The Morgan fingerprint density at radius 3 is 1.86 bits per heavy atom. The van der Waals surface area contributed by atoms with Crippen molar-refractivity contribution in [1.29, 1.82) is 0 Å². The molecule has 0 aliphatic carbocycles. The molecule has 180 valence electrons. The number of allylic oxidation sites excluding steroid dienone is 4. The fourth-order valence-corrected chi connectivity index (χ4v) is 4.43. The summed E-state index contributed by atoms with van der Waals surface area (Å²) in [6, 6.07) is 30.5. The molecule has 0 radical (unpaired) electrons. The first-order chi connectivity index (χ1) is 17.2. The van der Waals surface area contributed by atoms with Gasteiger partial charge >= 0.3 is 0 Å². The van der Waals surface area contributed by atoms with E-state index in [0.717, 1.165) is 28.5 Å².